The van der Waals surface area contributed by atoms with Gasteiger partial charge in [0, 0.05) is 6.54 Å². The third-order valence-electron chi connectivity index (χ3n) is 2.17. The van der Waals surface area contributed by atoms with Gasteiger partial charge >= 0.3 is 31.1 Å². The van der Waals surface area contributed by atoms with E-state index >= 15 is 0 Å². The summed E-state index contributed by atoms with van der Waals surface area (Å²) in [6.07, 6.45) is 2.25. The quantitative estimate of drug-likeness (QED) is 0.125. The average Bonchev–Trinajstić information content (AvgIpc) is 2.90. The van der Waals surface area contributed by atoms with Crippen molar-refractivity contribution in [2.75, 3.05) is 18.7 Å². The number of nitrogen functional groups attached to an aromatic ring is 1. The number of phosphoric acid groups is 3. The molecule has 0 atom stereocenters. The second-order valence-electron chi connectivity index (χ2n) is 5.11. The summed E-state index contributed by atoms with van der Waals surface area (Å²) >= 11 is 0. The molecule has 2 aromatic heterocycles. The lowest BCUT2D eigenvalue weighted by Gasteiger charge is -2.06. The van der Waals surface area contributed by atoms with Crippen LogP contribution in [0, 0.1) is 0 Å². The number of rotatable bonds is 5. The van der Waals surface area contributed by atoms with Crippen molar-refractivity contribution >= 4 is 48.0 Å². The van der Waals surface area contributed by atoms with Crippen molar-refractivity contribution in [3.05, 3.63) is 12.7 Å². The molecule has 2 aromatic rings. The van der Waals surface area contributed by atoms with Crippen LogP contribution < -0.4 is 5.73 Å². The maximum Gasteiger partial charge on any atom is 0.466 e. The van der Waals surface area contributed by atoms with Crippen molar-refractivity contribution in [1.82, 2.24) is 19.5 Å². The summed E-state index contributed by atoms with van der Waals surface area (Å²) in [5.41, 5.74) is 6.67. The zero-order chi connectivity index (χ0) is 26.7. The van der Waals surface area contributed by atoms with Crippen molar-refractivity contribution in [2.45, 2.75) is 6.54 Å². The Labute approximate surface area is 183 Å². The minimum Gasteiger partial charge on any atom is -0.382 e. The number of hydrogen-bond acceptors (Lipinski definition) is 9. The van der Waals surface area contributed by atoms with Gasteiger partial charge in [-0.1, -0.05) is 0 Å². The fourth-order valence-electron chi connectivity index (χ4n) is 1.41. The zero-order valence-corrected chi connectivity index (χ0v) is 19.5. The van der Waals surface area contributed by atoms with Crippen LogP contribution in [0.5, 0.6) is 0 Å². The van der Waals surface area contributed by atoms with Crippen LogP contribution in [0.2, 0.25) is 0 Å². The van der Waals surface area contributed by atoms with Crippen LogP contribution in [0.15, 0.2) is 12.7 Å². The Bertz CT molecular complexity index is 964. The van der Waals surface area contributed by atoms with E-state index in [0.717, 1.165) is 0 Å². The number of aromatic nitrogens is 4. The monoisotopic (exact) mass is 567 g/mol. The lowest BCUT2D eigenvalue weighted by Crippen LogP contribution is -2.07. The Morgan fingerprint density at radius 3 is 1.61 bits per heavy atom. The molecule has 0 bridgehead atoms. The van der Waals surface area contributed by atoms with Gasteiger partial charge in [-0.05, 0) is 0 Å². The summed E-state index contributed by atoms with van der Waals surface area (Å²) in [6.45, 7) is 0.507. The Hall–Kier alpha value is -1.21. The Morgan fingerprint density at radius 2 is 1.21 bits per heavy atom. The molecule has 0 spiro atoms. The molecule has 0 saturated carbocycles. The zero-order valence-electron chi connectivity index (χ0n) is 15.9. The van der Waals surface area contributed by atoms with Gasteiger partial charge in [-0.2, -0.15) is 0 Å². The molecular weight excluding hydrogens is 546 g/mol. The third kappa shape index (κ3) is 28.8. The van der Waals surface area contributed by atoms with Gasteiger partial charge in [-0.3, -0.25) is 4.57 Å². The van der Waals surface area contributed by atoms with Crippen LogP contribution in [0.3, 0.4) is 0 Å². The first-order valence-electron chi connectivity index (χ1n) is 7.36. The molecule has 21 nitrogen and oxygen atoms in total. The molecule has 0 aromatic carbocycles. The Balaban J connectivity index is 0. The van der Waals surface area contributed by atoms with Gasteiger partial charge in [0.15, 0.2) is 11.5 Å². The van der Waals surface area contributed by atoms with E-state index in [0.29, 0.717) is 17.7 Å². The largest absolute Gasteiger partial charge is 0.466 e. The van der Waals surface area contributed by atoms with E-state index in [2.05, 4.69) is 15.0 Å². The lowest BCUT2D eigenvalue weighted by atomic mass is 10.5. The summed E-state index contributed by atoms with van der Waals surface area (Å²) in [7, 11) is -18.0. The number of imidazole rings is 1. The SMILES string of the molecule is Nc1ncnc2c1ncn2CCOCP(=O)(O)O.O=P(O)(O)O.O=P(O)(O)O.O=P(O)(O)O. The topological polar surface area (TPSA) is 370 Å². The number of nitrogens with zero attached hydrogens (tertiary/aromatic N) is 4. The molecule has 194 valence electrons. The standard InChI is InChI=1S/C8H12N5O4P.3H3O4P/c9-7-6-8(11-3-10-7)13(4-12-6)1-2-17-5-18(14,15)16;3*1-5(2,3)4/h3-4H,1-2,5H2,(H2,9,10,11)(H2,14,15,16);3*(H3,1,2,3,4). The molecule has 0 aliphatic heterocycles. The fraction of sp³-hybridized carbons (Fsp3) is 0.375. The normalized spacial score (nSPS) is 12.0. The molecular formula is C8H21N5O16P4. The van der Waals surface area contributed by atoms with Crippen LogP contribution in [0.1, 0.15) is 0 Å². The molecule has 0 fully saturated rings. The minimum absolute atomic E-state index is 0.139. The molecule has 13 N–H and O–H groups in total. The Kier molecular flexibility index (Phi) is 14.7. The van der Waals surface area contributed by atoms with E-state index < -0.39 is 37.4 Å². The molecule has 0 aliphatic rings. The smallest absolute Gasteiger partial charge is 0.382 e. The number of fused-ring (bicyclic) bond motifs is 1. The van der Waals surface area contributed by atoms with Gasteiger partial charge in [-0.15, -0.1) is 0 Å². The maximum absolute atomic E-state index is 10.6. The summed E-state index contributed by atoms with van der Waals surface area (Å²) in [4.78, 5) is 93.8. The van der Waals surface area contributed by atoms with Gasteiger partial charge in [0.25, 0.3) is 0 Å². The van der Waals surface area contributed by atoms with Crippen LogP contribution in [-0.2, 0) is 29.5 Å². The molecule has 0 radical (unpaired) electrons. The van der Waals surface area contributed by atoms with Gasteiger partial charge in [0.1, 0.15) is 18.2 Å². The first kappa shape index (κ1) is 34.0. The first-order valence-corrected chi connectivity index (χ1v) is 13.8. The number of hydrogen-bond donors (Lipinski definition) is 12. The molecule has 2 heterocycles. The van der Waals surface area contributed by atoms with Crippen LogP contribution in [-0.4, -0.2) is 86.3 Å². The predicted molar refractivity (Wildman–Crippen MR) is 105 cm³/mol. The number of ether oxygens (including phenoxy) is 1. The molecule has 33 heavy (non-hydrogen) atoms. The second kappa shape index (κ2) is 14.2. The van der Waals surface area contributed by atoms with Crippen molar-refractivity contribution in [2.24, 2.45) is 0 Å². The Morgan fingerprint density at radius 1 is 0.788 bits per heavy atom. The van der Waals surface area contributed by atoms with Crippen molar-refractivity contribution < 1.29 is 76.8 Å². The van der Waals surface area contributed by atoms with Crippen LogP contribution >= 0.6 is 31.1 Å². The van der Waals surface area contributed by atoms with E-state index in [1.54, 1.807) is 4.57 Å². The van der Waals surface area contributed by atoms with Gasteiger partial charge in [0.05, 0.1) is 12.9 Å². The highest BCUT2D eigenvalue weighted by Crippen LogP contribution is 2.33. The minimum atomic E-state index is -4.64. The van der Waals surface area contributed by atoms with Crippen molar-refractivity contribution in [1.29, 1.82) is 0 Å². The maximum atomic E-state index is 10.6. The van der Waals surface area contributed by atoms with Gasteiger partial charge in [0.2, 0.25) is 0 Å². The second-order valence-corrected chi connectivity index (χ2v) is 9.78. The fourth-order valence-corrected chi connectivity index (χ4v) is 1.78. The summed E-state index contributed by atoms with van der Waals surface area (Å²) in [5.74, 6) is 0.287. The molecule has 25 heteroatoms. The molecule has 0 saturated heterocycles. The highest BCUT2D eigenvalue weighted by molar-refractivity contribution is 7.51. The van der Waals surface area contributed by atoms with Crippen LogP contribution in [0.25, 0.3) is 11.2 Å². The third-order valence-corrected chi connectivity index (χ3v) is 2.68. The summed E-state index contributed by atoms with van der Waals surface area (Å²) in [6, 6.07) is 0. The predicted octanol–water partition coefficient (Wildman–Crippen LogP) is -3.23. The van der Waals surface area contributed by atoms with Gasteiger partial charge in [-0.25, -0.2) is 28.6 Å². The van der Waals surface area contributed by atoms with E-state index in [9.17, 15) is 4.57 Å². The number of anilines is 1. The lowest BCUT2D eigenvalue weighted by molar-refractivity contribution is 0.149. The van der Waals surface area contributed by atoms with Crippen molar-refractivity contribution in [3.63, 3.8) is 0 Å². The molecule has 0 aliphatic carbocycles. The van der Waals surface area contributed by atoms with Crippen molar-refractivity contribution in [3.8, 4) is 0 Å². The molecule has 2 rings (SSSR count). The van der Waals surface area contributed by atoms with E-state index in [1.807, 2.05) is 0 Å². The van der Waals surface area contributed by atoms with E-state index in [1.165, 1.54) is 12.7 Å². The van der Waals surface area contributed by atoms with Crippen LogP contribution in [0.4, 0.5) is 5.82 Å². The summed E-state index contributed by atoms with van der Waals surface area (Å²) < 4.78 is 43.7. The first-order chi connectivity index (χ1) is 14.5. The molecule has 0 unspecified atom stereocenters. The number of nitrogens with two attached hydrogens (primary N) is 1. The van der Waals surface area contributed by atoms with E-state index in [4.69, 9.17) is 78.0 Å². The molecule has 0 amide bonds. The highest BCUT2D eigenvalue weighted by Gasteiger charge is 2.13. The highest BCUT2D eigenvalue weighted by atomic mass is 31.2. The average molecular weight is 567 g/mol. The van der Waals surface area contributed by atoms with Gasteiger partial charge < -0.3 is 68.9 Å². The van der Waals surface area contributed by atoms with E-state index in [-0.39, 0.29) is 12.4 Å². The summed E-state index contributed by atoms with van der Waals surface area (Å²) in [5, 5.41) is 0.